The lowest BCUT2D eigenvalue weighted by molar-refractivity contribution is -0.132. The van der Waals surface area contributed by atoms with E-state index < -0.39 is 23.5 Å². The molecule has 2 aliphatic heterocycles. The highest BCUT2D eigenvalue weighted by Gasteiger charge is 2.48. The second kappa shape index (κ2) is 10.1. The molecule has 4 aromatic rings. The largest absolute Gasteiger partial charge is 0.507 e. The van der Waals surface area contributed by atoms with Crippen LogP contribution in [-0.2, 0) is 16.0 Å². The first-order valence-electron chi connectivity index (χ1n) is 12.7. The minimum Gasteiger partial charge on any atom is -0.507 e. The maximum absolute atomic E-state index is 14.0. The van der Waals surface area contributed by atoms with Crippen molar-refractivity contribution in [2.75, 3.05) is 26.2 Å². The quantitative estimate of drug-likeness (QED) is 0.185. The van der Waals surface area contributed by atoms with Gasteiger partial charge >= 0.3 is 5.91 Å². The zero-order valence-electron chi connectivity index (χ0n) is 22.6. The highest BCUT2D eigenvalue weighted by molar-refractivity contribution is 7.22. The Morgan fingerprint density at radius 1 is 1.05 bits per heavy atom. The first kappa shape index (κ1) is 26.6. The Balaban J connectivity index is 1.59. The fourth-order valence-corrected chi connectivity index (χ4v) is 6.34. The average Bonchev–Trinajstić information content (AvgIpc) is 3.63. The summed E-state index contributed by atoms with van der Waals surface area (Å²) in [7, 11) is 4.37. The molecule has 3 aromatic carbocycles. The standard InChI is InChI=1S/C30H25FN2O7S/c1-14-9-16-10-15(5-8-20(16)40-14)26(34)24-25(17-11-21(37-2)28(39-4)22(12-17)38-3)33(29(36)27(24)35)30-32-19-7-6-18(31)13-23(19)41-30/h5-8,10-14,25,34H,9H2,1-4H3/b26-24+/t14-,25-/m0/s1. The summed E-state index contributed by atoms with van der Waals surface area (Å²) in [6.45, 7) is 1.94. The number of aliphatic hydroxyl groups excluding tert-OH is 1. The van der Waals surface area contributed by atoms with E-state index >= 15 is 0 Å². The molecule has 2 aliphatic rings. The minimum atomic E-state index is -1.11. The molecule has 0 spiro atoms. The molecule has 11 heteroatoms. The van der Waals surface area contributed by atoms with E-state index in [2.05, 4.69) is 4.98 Å². The van der Waals surface area contributed by atoms with Crippen LogP contribution >= 0.6 is 11.3 Å². The summed E-state index contributed by atoms with van der Waals surface area (Å²) in [6.07, 6.45) is 0.625. The number of carbonyl (C=O) groups excluding carboxylic acids is 2. The molecule has 9 nitrogen and oxygen atoms in total. The summed E-state index contributed by atoms with van der Waals surface area (Å²) in [6, 6.07) is 11.3. The summed E-state index contributed by atoms with van der Waals surface area (Å²) in [5.41, 5.74) is 1.98. The van der Waals surface area contributed by atoms with Crippen molar-refractivity contribution in [3.63, 3.8) is 0 Å². The molecule has 1 fully saturated rings. The van der Waals surface area contributed by atoms with E-state index in [0.717, 1.165) is 16.9 Å². The molecule has 3 heterocycles. The molecule has 1 N–H and O–H groups in total. The normalized spacial score (nSPS) is 19.4. The van der Waals surface area contributed by atoms with E-state index in [1.165, 1.54) is 44.4 Å². The van der Waals surface area contributed by atoms with Crippen molar-refractivity contribution in [1.82, 2.24) is 4.98 Å². The molecule has 0 unspecified atom stereocenters. The lowest BCUT2D eigenvalue weighted by atomic mass is 9.94. The lowest BCUT2D eigenvalue weighted by Crippen LogP contribution is -2.29. The number of ether oxygens (including phenoxy) is 4. The number of methoxy groups -OCH3 is 3. The van der Waals surface area contributed by atoms with Gasteiger partial charge in [-0.05, 0) is 66.6 Å². The Labute approximate surface area is 238 Å². The van der Waals surface area contributed by atoms with Gasteiger partial charge in [0.15, 0.2) is 16.6 Å². The van der Waals surface area contributed by atoms with Crippen molar-refractivity contribution in [2.45, 2.75) is 25.5 Å². The number of carbonyl (C=O) groups is 2. The molecule has 0 aliphatic carbocycles. The maximum Gasteiger partial charge on any atom is 0.301 e. The van der Waals surface area contributed by atoms with Crippen LogP contribution in [0.5, 0.6) is 23.0 Å². The van der Waals surface area contributed by atoms with Gasteiger partial charge in [-0.3, -0.25) is 14.5 Å². The summed E-state index contributed by atoms with van der Waals surface area (Å²) < 4.78 is 36.8. The zero-order chi connectivity index (χ0) is 29.0. The summed E-state index contributed by atoms with van der Waals surface area (Å²) in [5.74, 6) is -0.967. The number of rotatable bonds is 6. The van der Waals surface area contributed by atoms with Gasteiger partial charge in [0.1, 0.15) is 23.4 Å². The first-order valence-corrected chi connectivity index (χ1v) is 13.5. The maximum atomic E-state index is 14.0. The van der Waals surface area contributed by atoms with E-state index in [4.69, 9.17) is 18.9 Å². The number of hydrogen-bond donors (Lipinski definition) is 1. The SMILES string of the molecule is COc1cc([C@H]2/C(=C(\O)c3ccc4c(c3)C[C@H](C)O4)C(=O)C(=O)N2c2nc3ccc(F)cc3s2)cc(OC)c1OC. The third-order valence-corrected chi connectivity index (χ3v) is 8.18. The number of thiazole rings is 1. The Hall–Kier alpha value is -4.64. The van der Waals surface area contributed by atoms with Crippen molar-refractivity contribution in [3.05, 3.63) is 76.6 Å². The molecule has 1 amide bonds. The van der Waals surface area contributed by atoms with Gasteiger partial charge in [0.2, 0.25) is 5.75 Å². The molecule has 1 aromatic heterocycles. The predicted molar refractivity (Wildman–Crippen MR) is 151 cm³/mol. The average molecular weight is 577 g/mol. The molecule has 0 saturated carbocycles. The monoisotopic (exact) mass is 576 g/mol. The highest BCUT2D eigenvalue weighted by Crippen LogP contribution is 2.48. The highest BCUT2D eigenvalue weighted by atomic mass is 32.1. The number of halogens is 1. The Kier molecular flexibility index (Phi) is 6.53. The van der Waals surface area contributed by atoms with Gasteiger partial charge in [-0.25, -0.2) is 9.37 Å². The molecule has 0 bridgehead atoms. The fraction of sp³-hybridized carbons (Fsp3) is 0.233. The van der Waals surface area contributed by atoms with Gasteiger partial charge in [-0.1, -0.05) is 11.3 Å². The van der Waals surface area contributed by atoms with Crippen molar-refractivity contribution in [3.8, 4) is 23.0 Å². The second-order valence-corrected chi connectivity index (χ2v) is 10.7. The molecule has 6 rings (SSSR count). The topological polar surface area (TPSA) is 107 Å². The predicted octanol–water partition coefficient (Wildman–Crippen LogP) is 5.41. The minimum absolute atomic E-state index is 0.0175. The molecular weight excluding hydrogens is 551 g/mol. The van der Waals surface area contributed by atoms with Gasteiger partial charge < -0.3 is 24.1 Å². The number of aliphatic hydroxyl groups is 1. The second-order valence-electron chi connectivity index (χ2n) is 9.69. The number of amides is 1. The van der Waals surface area contributed by atoms with Crippen LogP contribution in [0.1, 0.15) is 29.7 Å². The van der Waals surface area contributed by atoms with E-state index in [1.54, 1.807) is 30.3 Å². The van der Waals surface area contributed by atoms with Crippen LogP contribution in [0.15, 0.2) is 54.1 Å². The third kappa shape index (κ3) is 4.33. The third-order valence-electron chi connectivity index (χ3n) is 7.16. The van der Waals surface area contributed by atoms with Crippen LogP contribution < -0.4 is 23.8 Å². The summed E-state index contributed by atoms with van der Waals surface area (Å²) in [5, 5.41) is 11.8. The van der Waals surface area contributed by atoms with E-state index in [1.807, 2.05) is 6.92 Å². The van der Waals surface area contributed by atoms with Crippen LogP contribution in [0.2, 0.25) is 0 Å². The molecule has 41 heavy (non-hydrogen) atoms. The van der Waals surface area contributed by atoms with Crippen LogP contribution in [0.3, 0.4) is 0 Å². The molecular formula is C30H25FN2O7S. The van der Waals surface area contributed by atoms with Crippen LogP contribution in [-0.4, -0.2) is 49.2 Å². The number of Topliss-reactive ketones (excluding diaryl/α,β-unsaturated/α-hetero) is 1. The zero-order valence-corrected chi connectivity index (χ0v) is 23.4. The van der Waals surface area contributed by atoms with Gasteiger partial charge in [-0.2, -0.15) is 0 Å². The van der Waals surface area contributed by atoms with Gasteiger partial charge in [0.25, 0.3) is 5.78 Å². The first-order chi connectivity index (χ1) is 19.7. The number of benzene rings is 3. The summed E-state index contributed by atoms with van der Waals surface area (Å²) >= 11 is 1.06. The molecule has 210 valence electrons. The van der Waals surface area contributed by atoms with Crippen molar-refractivity contribution in [2.24, 2.45) is 0 Å². The molecule has 2 atom stereocenters. The smallest absolute Gasteiger partial charge is 0.301 e. The number of nitrogens with zero attached hydrogens (tertiary/aromatic N) is 2. The Morgan fingerprint density at radius 3 is 2.46 bits per heavy atom. The Bertz CT molecular complexity index is 1740. The number of anilines is 1. The van der Waals surface area contributed by atoms with Crippen molar-refractivity contribution in [1.29, 1.82) is 0 Å². The molecule has 0 radical (unpaired) electrons. The van der Waals surface area contributed by atoms with Crippen molar-refractivity contribution >= 4 is 44.1 Å². The number of ketones is 1. The number of aromatic nitrogens is 1. The number of hydrogen-bond acceptors (Lipinski definition) is 9. The van der Waals surface area contributed by atoms with Gasteiger partial charge in [0, 0.05) is 12.0 Å². The van der Waals surface area contributed by atoms with Gasteiger partial charge in [-0.15, -0.1) is 0 Å². The molecule has 1 saturated heterocycles. The van der Waals surface area contributed by atoms with E-state index in [9.17, 15) is 19.1 Å². The van der Waals surface area contributed by atoms with Crippen LogP contribution in [0.4, 0.5) is 9.52 Å². The number of fused-ring (bicyclic) bond motifs is 2. The lowest BCUT2D eigenvalue weighted by Gasteiger charge is -2.24. The van der Waals surface area contributed by atoms with Gasteiger partial charge in [0.05, 0.1) is 43.2 Å². The Morgan fingerprint density at radius 2 is 1.78 bits per heavy atom. The van der Waals surface area contributed by atoms with Crippen LogP contribution in [0, 0.1) is 5.82 Å². The fourth-order valence-electron chi connectivity index (χ4n) is 5.32. The summed E-state index contributed by atoms with van der Waals surface area (Å²) in [4.78, 5) is 33.1. The van der Waals surface area contributed by atoms with E-state index in [0.29, 0.717) is 50.8 Å². The van der Waals surface area contributed by atoms with Crippen LogP contribution in [0.25, 0.3) is 16.0 Å². The van der Waals surface area contributed by atoms with E-state index in [-0.39, 0.29) is 22.6 Å². The van der Waals surface area contributed by atoms with Crippen molar-refractivity contribution < 1.29 is 38.0 Å².